The summed E-state index contributed by atoms with van der Waals surface area (Å²) in [5.74, 6) is -0.156. The highest BCUT2D eigenvalue weighted by atomic mass is 16.6. The molecule has 6 heteroatoms. The minimum Gasteiger partial charge on any atom is -0.361 e. The standard InChI is InChI=1S/C21H17N3O3/c25-21-16-10-4-6-12-18(16)22-20(17-11-5-7-13-19(17)24(26)27)23(21)14-15-8-2-1-3-9-15/h1-13,20,22H,14H2. The number of hydrogen-bond donors (Lipinski definition) is 1. The van der Waals surface area contributed by atoms with Crippen molar-refractivity contribution in [1.29, 1.82) is 0 Å². The van der Waals surface area contributed by atoms with Crippen LogP contribution in [0.1, 0.15) is 27.7 Å². The predicted molar refractivity (Wildman–Crippen MR) is 102 cm³/mol. The number of anilines is 1. The molecule has 0 saturated heterocycles. The number of nitrogens with zero attached hydrogens (tertiary/aromatic N) is 2. The van der Waals surface area contributed by atoms with Crippen LogP contribution >= 0.6 is 0 Å². The molecular formula is C21H17N3O3. The first-order valence-electron chi connectivity index (χ1n) is 8.59. The molecule has 1 aliphatic rings. The van der Waals surface area contributed by atoms with E-state index in [-0.39, 0.29) is 11.6 Å². The molecule has 0 aliphatic carbocycles. The maximum Gasteiger partial charge on any atom is 0.276 e. The highest BCUT2D eigenvalue weighted by Gasteiger charge is 2.35. The Morgan fingerprint density at radius 1 is 0.926 bits per heavy atom. The zero-order valence-electron chi connectivity index (χ0n) is 14.4. The molecule has 0 bridgehead atoms. The van der Waals surface area contributed by atoms with Crippen LogP contribution in [0.3, 0.4) is 0 Å². The van der Waals surface area contributed by atoms with Crippen molar-refractivity contribution in [1.82, 2.24) is 4.90 Å². The fourth-order valence-corrected chi connectivity index (χ4v) is 3.37. The topological polar surface area (TPSA) is 75.5 Å². The number of para-hydroxylation sites is 2. The van der Waals surface area contributed by atoms with Crippen LogP contribution in [0.4, 0.5) is 11.4 Å². The Morgan fingerprint density at radius 2 is 1.59 bits per heavy atom. The summed E-state index contributed by atoms with van der Waals surface area (Å²) in [6, 6.07) is 23.3. The summed E-state index contributed by atoms with van der Waals surface area (Å²) in [6.07, 6.45) is -0.630. The lowest BCUT2D eigenvalue weighted by molar-refractivity contribution is -0.385. The molecule has 134 valence electrons. The van der Waals surface area contributed by atoms with Crippen LogP contribution in [0, 0.1) is 10.1 Å². The van der Waals surface area contributed by atoms with Gasteiger partial charge in [0.1, 0.15) is 6.17 Å². The van der Waals surface area contributed by atoms with E-state index in [0.717, 1.165) is 5.56 Å². The van der Waals surface area contributed by atoms with Crippen LogP contribution in [-0.2, 0) is 6.54 Å². The van der Waals surface area contributed by atoms with Gasteiger partial charge in [0.2, 0.25) is 0 Å². The minimum atomic E-state index is -0.630. The zero-order chi connectivity index (χ0) is 18.8. The fourth-order valence-electron chi connectivity index (χ4n) is 3.37. The molecule has 1 aliphatic heterocycles. The lowest BCUT2D eigenvalue weighted by Gasteiger charge is -2.38. The van der Waals surface area contributed by atoms with Crippen LogP contribution in [0.15, 0.2) is 78.9 Å². The third-order valence-corrected chi connectivity index (χ3v) is 4.65. The average molecular weight is 359 g/mol. The van der Waals surface area contributed by atoms with E-state index < -0.39 is 11.1 Å². The third kappa shape index (κ3) is 3.13. The molecule has 6 nitrogen and oxygen atoms in total. The number of carbonyl (C=O) groups excluding carboxylic acids is 1. The van der Waals surface area contributed by atoms with Crippen molar-refractivity contribution in [2.75, 3.05) is 5.32 Å². The minimum absolute atomic E-state index is 0.0137. The van der Waals surface area contributed by atoms with E-state index in [1.54, 1.807) is 29.2 Å². The second-order valence-electron chi connectivity index (χ2n) is 6.33. The quantitative estimate of drug-likeness (QED) is 0.555. The molecule has 1 atom stereocenters. The highest BCUT2D eigenvalue weighted by molar-refractivity contribution is 6.01. The van der Waals surface area contributed by atoms with Gasteiger partial charge in [0, 0.05) is 18.3 Å². The summed E-state index contributed by atoms with van der Waals surface area (Å²) in [7, 11) is 0. The van der Waals surface area contributed by atoms with Crippen LogP contribution in [0.2, 0.25) is 0 Å². The fraction of sp³-hybridized carbons (Fsp3) is 0.0952. The van der Waals surface area contributed by atoms with Gasteiger partial charge in [-0.1, -0.05) is 54.6 Å². The first-order valence-corrected chi connectivity index (χ1v) is 8.59. The smallest absolute Gasteiger partial charge is 0.276 e. The van der Waals surface area contributed by atoms with Gasteiger partial charge in [-0.15, -0.1) is 0 Å². The Bertz CT molecular complexity index is 1000. The van der Waals surface area contributed by atoms with E-state index in [0.29, 0.717) is 23.4 Å². The number of benzene rings is 3. The molecule has 0 spiro atoms. The van der Waals surface area contributed by atoms with E-state index in [2.05, 4.69) is 5.32 Å². The SMILES string of the molecule is O=C1c2ccccc2NC(c2ccccc2[N+](=O)[O-])N1Cc1ccccc1. The maximum absolute atomic E-state index is 13.2. The van der Waals surface area contributed by atoms with Gasteiger partial charge in [-0.05, 0) is 23.8 Å². The summed E-state index contributed by atoms with van der Waals surface area (Å²) in [5, 5.41) is 14.8. The zero-order valence-corrected chi connectivity index (χ0v) is 14.4. The molecular weight excluding hydrogens is 342 g/mol. The van der Waals surface area contributed by atoms with Crippen LogP contribution in [0.25, 0.3) is 0 Å². The average Bonchev–Trinajstić information content (AvgIpc) is 2.71. The van der Waals surface area contributed by atoms with Crippen LogP contribution in [-0.4, -0.2) is 15.7 Å². The van der Waals surface area contributed by atoms with Crippen molar-refractivity contribution in [2.45, 2.75) is 12.7 Å². The van der Waals surface area contributed by atoms with Crippen molar-refractivity contribution in [3.8, 4) is 0 Å². The first-order chi connectivity index (χ1) is 13.1. The summed E-state index contributed by atoms with van der Waals surface area (Å²) >= 11 is 0. The van der Waals surface area contributed by atoms with Gasteiger partial charge in [0.15, 0.2) is 0 Å². The number of nitro benzene ring substituents is 1. The Balaban J connectivity index is 1.82. The summed E-state index contributed by atoms with van der Waals surface area (Å²) in [5.41, 5.74) is 2.63. The molecule has 0 fully saturated rings. The maximum atomic E-state index is 13.2. The number of amides is 1. The van der Waals surface area contributed by atoms with Crippen molar-refractivity contribution in [3.05, 3.63) is 106 Å². The number of nitrogens with one attached hydrogen (secondary N) is 1. The predicted octanol–water partition coefficient (Wildman–Crippen LogP) is 4.36. The molecule has 1 unspecified atom stereocenters. The molecule has 1 N–H and O–H groups in total. The molecule has 27 heavy (non-hydrogen) atoms. The van der Waals surface area contributed by atoms with E-state index in [4.69, 9.17) is 0 Å². The number of nitro groups is 1. The third-order valence-electron chi connectivity index (χ3n) is 4.65. The lowest BCUT2D eigenvalue weighted by atomic mass is 10.0. The van der Waals surface area contributed by atoms with Gasteiger partial charge in [-0.2, -0.15) is 0 Å². The summed E-state index contributed by atoms with van der Waals surface area (Å²) in [4.78, 5) is 26.0. The first kappa shape index (κ1) is 16.8. The second kappa shape index (κ2) is 6.92. The van der Waals surface area contributed by atoms with Gasteiger partial charge in [-0.3, -0.25) is 14.9 Å². The summed E-state index contributed by atoms with van der Waals surface area (Å²) in [6.45, 7) is 0.345. The van der Waals surface area contributed by atoms with Crippen LogP contribution < -0.4 is 5.32 Å². The van der Waals surface area contributed by atoms with E-state index in [1.165, 1.54) is 6.07 Å². The van der Waals surface area contributed by atoms with Crippen molar-refractivity contribution in [2.24, 2.45) is 0 Å². The monoisotopic (exact) mass is 359 g/mol. The van der Waals surface area contributed by atoms with E-state index in [1.807, 2.05) is 48.5 Å². The Hall–Kier alpha value is -3.67. The molecule has 0 radical (unpaired) electrons. The Kier molecular flexibility index (Phi) is 4.30. The molecule has 1 amide bonds. The van der Waals surface area contributed by atoms with Gasteiger partial charge in [-0.25, -0.2) is 0 Å². The second-order valence-corrected chi connectivity index (χ2v) is 6.33. The summed E-state index contributed by atoms with van der Waals surface area (Å²) < 4.78 is 0. The largest absolute Gasteiger partial charge is 0.361 e. The highest BCUT2D eigenvalue weighted by Crippen LogP contribution is 2.37. The number of carbonyl (C=O) groups is 1. The molecule has 1 heterocycles. The van der Waals surface area contributed by atoms with Crippen molar-refractivity contribution in [3.63, 3.8) is 0 Å². The van der Waals surface area contributed by atoms with Gasteiger partial charge in [0.25, 0.3) is 11.6 Å². The van der Waals surface area contributed by atoms with Gasteiger partial charge in [0.05, 0.1) is 16.1 Å². The van der Waals surface area contributed by atoms with E-state index in [9.17, 15) is 14.9 Å². The Morgan fingerprint density at radius 3 is 2.37 bits per heavy atom. The number of rotatable bonds is 4. The molecule has 0 saturated carbocycles. The molecule has 4 rings (SSSR count). The van der Waals surface area contributed by atoms with Gasteiger partial charge < -0.3 is 10.2 Å². The molecule has 3 aromatic carbocycles. The van der Waals surface area contributed by atoms with E-state index >= 15 is 0 Å². The van der Waals surface area contributed by atoms with Gasteiger partial charge >= 0.3 is 0 Å². The van der Waals surface area contributed by atoms with Crippen molar-refractivity contribution < 1.29 is 9.72 Å². The van der Waals surface area contributed by atoms with Crippen molar-refractivity contribution >= 4 is 17.3 Å². The number of hydrogen-bond acceptors (Lipinski definition) is 4. The lowest BCUT2D eigenvalue weighted by Crippen LogP contribution is -2.42. The Labute approximate surface area is 156 Å². The van der Waals surface area contributed by atoms with Crippen LogP contribution in [0.5, 0.6) is 0 Å². The molecule has 0 aromatic heterocycles. The molecule has 3 aromatic rings. The normalized spacial score (nSPS) is 15.8. The number of fused-ring (bicyclic) bond motifs is 1.